The first-order valence-corrected chi connectivity index (χ1v) is 4.11. The fourth-order valence-corrected chi connectivity index (χ4v) is 0.881. The average molecular weight is 188 g/mol. The third-order valence-corrected chi connectivity index (χ3v) is 1.51. The van der Waals surface area contributed by atoms with Crippen LogP contribution in [0.2, 0.25) is 0 Å². The second-order valence-electron chi connectivity index (χ2n) is 2.52. The average Bonchev–Trinajstić information content (AvgIpc) is 2.29. The third-order valence-electron chi connectivity index (χ3n) is 1.51. The van der Waals surface area contributed by atoms with Gasteiger partial charge in [-0.05, 0) is 6.07 Å². The Kier molecular flexibility index (Phi) is 2.56. The maximum absolute atomic E-state index is 4.99. The van der Waals surface area contributed by atoms with Crippen molar-refractivity contribution in [2.75, 3.05) is 0 Å². The zero-order valence-corrected chi connectivity index (χ0v) is 7.33. The smallest absolute Gasteiger partial charge is 0.269 e. The van der Waals surface area contributed by atoms with Crippen molar-refractivity contribution in [3.63, 3.8) is 0 Å². The van der Waals surface area contributed by atoms with Gasteiger partial charge in [0.1, 0.15) is 0 Å². The molecule has 0 aliphatic carbocycles. The lowest BCUT2D eigenvalue weighted by atomic mass is 10.5. The molecule has 0 saturated heterocycles. The first-order chi connectivity index (χ1) is 6.95. The molecule has 0 aromatic carbocycles. The molecule has 0 fully saturated rings. The molecule has 0 atom stereocenters. The van der Waals surface area contributed by atoms with Crippen LogP contribution in [-0.4, -0.2) is 9.97 Å². The lowest BCUT2D eigenvalue weighted by Crippen LogP contribution is -2.01. The molecule has 70 valence electrons. The maximum atomic E-state index is 4.99. The van der Waals surface area contributed by atoms with Crippen molar-refractivity contribution >= 4 is 0 Å². The largest absolute Gasteiger partial charge is 0.288 e. The topological polar surface area (TPSA) is 44.2 Å². The second-order valence-corrected chi connectivity index (χ2v) is 2.52. The highest BCUT2D eigenvalue weighted by atomic mass is 17.2. The zero-order chi connectivity index (χ0) is 9.64. The fraction of sp³-hybridized carbons (Fsp3) is 0. The predicted molar refractivity (Wildman–Crippen MR) is 49.7 cm³/mol. The van der Waals surface area contributed by atoms with Crippen LogP contribution < -0.4 is 9.78 Å². The first-order valence-electron chi connectivity index (χ1n) is 4.11. The minimum Gasteiger partial charge on any atom is -0.288 e. The van der Waals surface area contributed by atoms with Gasteiger partial charge in [-0.1, -0.05) is 6.07 Å². The van der Waals surface area contributed by atoms with E-state index in [0.29, 0.717) is 11.6 Å². The molecule has 2 aromatic rings. The SMILES string of the molecule is c1ccc(OOc2ccncc2)nc1. The molecule has 14 heavy (non-hydrogen) atoms. The van der Waals surface area contributed by atoms with E-state index in [1.807, 2.05) is 6.07 Å². The second kappa shape index (κ2) is 4.23. The quantitative estimate of drug-likeness (QED) is 0.544. The summed E-state index contributed by atoms with van der Waals surface area (Å²) in [5.74, 6) is 1.01. The van der Waals surface area contributed by atoms with Crippen molar-refractivity contribution in [1.82, 2.24) is 9.97 Å². The summed E-state index contributed by atoms with van der Waals surface area (Å²) in [6, 6.07) is 8.73. The van der Waals surface area contributed by atoms with Gasteiger partial charge in [0.25, 0.3) is 5.88 Å². The van der Waals surface area contributed by atoms with Gasteiger partial charge in [0.15, 0.2) is 5.75 Å². The summed E-state index contributed by atoms with van der Waals surface area (Å²) in [6.07, 6.45) is 4.87. The monoisotopic (exact) mass is 188 g/mol. The summed E-state index contributed by atoms with van der Waals surface area (Å²) < 4.78 is 0. The molecule has 0 unspecified atom stereocenters. The molecule has 0 aliphatic rings. The molecule has 0 bridgehead atoms. The Hall–Kier alpha value is -2.10. The van der Waals surface area contributed by atoms with E-state index in [1.54, 1.807) is 42.9 Å². The highest BCUT2D eigenvalue weighted by molar-refractivity contribution is 5.16. The van der Waals surface area contributed by atoms with Gasteiger partial charge in [0, 0.05) is 36.8 Å². The molecule has 0 saturated carbocycles. The standard InChI is InChI=1S/C10H8N2O2/c1-2-6-12-10(3-1)14-13-9-4-7-11-8-5-9/h1-8H. The van der Waals surface area contributed by atoms with Crippen LogP contribution in [0.1, 0.15) is 0 Å². The van der Waals surface area contributed by atoms with Gasteiger partial charge in [0.2, 0.25) is 0 Å². The van der Waals surface area contributed by atoms with Crippen molar-refractivity contribution in [3.05, 3.63) is 48.9 Å². The van der Waals surface area contributed by atoms with E-state index in [9.17, 15) is 0 Å². The van der Waals surface area contributed by atoms with Crippen molar-refractivity contribution in [3.8, 4) is 11.6 Å². The first kappa shape index (κ1) is 8.50. The van der Waals surface area contributed by atoms with E-state index in [2.05, 4.69) is 9.97 Å². The molecule has 0 spiro atoms. The third kappa shape index (κ3) is 2.20. The molecule has 0 N–H and O–H groups in total. The van der Waals surface area contributed by atoms with Gasteiger partial charge in [-0.3, -0.25) is 14.8 Å². The van der Waals surface area contributed by atoms with Crippen LogP contribution in [0.25, 0.3) is 0 Å². The van der Waals surface area contributed by atoms with Crippen LogP contribution in [0, 0.1) is 0 Å². The van der Waals surface area contributed by atoms with Crippen LogP contribution in [0.5, 0.6) is 11.6 Å². The van der Waals surface area contributed by atoms with E-state index >= 15 is 0 Å². The van der Waals surface area contributed by atoms with Crippen LogP contribution in [-0.2, 0) is 0 Å². The minimum atomic E-state index is 0.421. The summed E-state index contributed by atoms with van der Waals surface area (Å²) >= 11 is 0. The summed E-state index contributed by atoms with van der Waals surface area (Å²) in [5.41, 5.74) is 0. The molecule has 2 aromatic heterocycles. The van der Waals surface area contributed by atoms with E-state index < -0.39 is 0 Å². The van der Waals surface area contributed by atoms with E-state index in [4.69, 9.17) is 9.78 Å². The van der Waals surface area contributed by atoms with Gasteiger partial charge in [0.05, 0.1) is 0 Å². The van der Waals surface area contributed by atoms with Crippen LogP contribution in [0.15, 0.2) is 48.9 Å². The highest BCUT2D eigenvalue weighted by Crippen LogP contribution is 2.10. The molecule has 0 aliphatic heterocycles. The van der Waals surface area contributed by atoms with Crippen molar-refractivity contribution in [2.45, 2.75) is 0 Å². The van der Waals surface area contributed by atoms with Crippen molar-refractivity contribution in [2.24, 2.45) is 0 Å². The van der Waals surface area contributed by atoms with Crippen LogP contribution in [0.4, 0.5) is 0 Å². The molecular formula is C10H8N2O2. The zero-order valence-electron chi connectivity index (χ0n) is 7.33. The maximum Gasteiger partial charge on any atom is 0.269 e. The Balaban J connectivity index is 1.96. The Morgan fingerprint density at radius 1 is 0.857 bits per heavy atom. The Bertz CT molecular complexity index is 338. The van der Waals surface area contributed by atoms with Gasteiger partial charge in [-0.15, -0.1) is 0 Å². The number of pyridine rings is 2. The van der Waals surface area contributed by atoms with Crippen LogP contribution >= 0.6 is 0 Å². The van der Waals surface area contributed by atoms with Gasteiger partial charge >= 0.3 is 0 Å². The minimum absolute atomic E-state index is 0.421. The van der Waals surface area contributed by atoms with Gasteiger partial charge in [-0.2, -0.15) is 0 Å². The fourth-order valence-electron chi connectivity index (χ4n) is 0.881. The summed E-state index contributed by atoms with van der Waals surface area (Å²) in [6.45, 7) is 0. The number of hydrogen-bond acceptors (Lipinski definition) is 4. The molecule has 0 radical (unpaired) electrons. The normalized spacial score (nSPS) is 9.43. The molecule has 4 heteroatoms. The number of hydrogen-bond donors (Lipinski definition) is 0. The Labute approximate surface area is 81.1 Å². The van der Waals surface area contributed by atoms with Crippen molar-refractivity contribution < 1.29 is 9.78 Å². The number of aromatic nitrogens is 2. The highest BCUT2D eigenvalue weighted by Gasteiger charge is 1.95. The van der Waals surface area contributed by atoms with E-state index in [-0.39, 0.29) is 0 Å². The predicted octanol–water partition coefficient (Wildman–Crippen LogP) is 1.85. The molecule has 2 heterocycles. The van der Waals surface area contributed by atoms with E-state index in [1.165, 1.54) is 0 Å². The lowest BCUT2D eigenvalue weighted by Gasteiger charge is -2.02. The molecule has 4 nitrogen and oxygen atoms in total. The van der Waals surface area contributed by atoms with Crippen LogP contribution in [0.3, 0.4) is 0 Å². The summed E-state index contributed by atoms with van der Waals surface area (Å²) in [4.78, 5) is 17.7. The number of nitrogens with zero attached hydrogens (tertiary/aromatic N) is 2. The Morgan fingerprint density at radius 3 is 2.43 bits per heavy atom. The molecule has 2 rings (SSSR count). The molecular weight excluding hydrogens is 180 g/mol. The van der Waals surface area contributed by atoms with Gasteiger partial charge < -0.3 is 0 Å². The summed E-state index contributed by atoms with van der Waals surface area (Å²) in [5, 5.41) is 0. The lowest BCUT2D eigenvalue weighted by molar-refractivity contribution is -0.104. The Morgan fingerprint density at radius 2 is 1.71 bits per heavy atom. The summed E-state index contributed by atoms with van der Waals surface area (Å²) in [7, 11) is 0. The van der Waals surface area contributed by atoms with Gasteiger partial charge in [-0.25, -0.2) is 4.98 Å². The molecule has 0 amide bonds. The van der Waals surface area contributed by atoms with E-state index in [0.717, 1.165) is 0 Å². The number of rotatable bonds is 3. The van der Waals surface area contributed by atoms with Crippen molar-refractivity contribution in [1.29, 1.82) is 0 Å².